The number of thiophene rings is 1. The molecule has 1 aromatic carbocycles. The Hall–Kier alpha value is -2.08. The Morgan fingerprint density at radius 2 is 1.91 bits per heavy atom. The fourth-order valence-corrected chi connectivity index (χ4v) is 3.87. The summed E-state index contributed by atoms with van der Waals surface area (Å²) in [6, 6.07) is 4.87. The lowest BCUT2D eigenvalue weighted by atomic mass is 9.81. The van der Waals surface area contributed by atoms with Crippen LogP contribution in [0.5, 0.6) is 5.75 Å². The molecule has 0 saturated heterocycles. The molecule has 0 spiro atoms. The average molecular weight is 319 g/mol. The summed E-state index contributed by atoms with van der Waals surface area (Å²) in [5, 5.41) is 24.7. The molecule has 0 radical (unpaired) electrons. The van der Waals surface area contributed by atoms with E-state index in [1.165, 1.54) is 17.4 Å². The van der Waals surface area contributed by atoms with Crippen LogP contribution in [-0.2, 0) is 4.79 Å². The Balaban J connectivity index is 1.90. The first-order chi connectivity index (χ1) is 10.5. The molecule has 116 valence electrons. The maximum Gasteiger partial charge on any atom is 0.329 e. The Morgan fingerprint density at radius 1 is 1.18 bits per heavy atom. The third-order valence-electron chi connectivity index (χ3n) is 4.28. The zero-order valence-corrected chi connectivity index (χ0v) is 12.8. The van der Waals surface area contributed by atoms with Gasteiger partial charge in [-0.3, -0.25) is 4.79 Å². The fourth-order valence-electron chi connectivity index (χ4n) is 3.02. The van der Waals surface area contributed by atoms with Crippen molar-refractivity contribution in [3.8, 4) is 5.75 Å². The Labute approximate surface area is 131 Å². The number of amides is 1. The van der Waals surface area contributed by atoms with E-state index < -0.39 is 17.4 Å². The highest BCUT2D eigenvalue weighted by atomic mass is 32.1. The number of hydrogen-bond acceptors (Lipinski definition) is 4. The summed E-state index contributed by atoms with van der Waals surface area (Å²) in [5.74, 6) is -1.39. The van der Waals surface area contributed by atoms with Gasteiger partial charge < -0.3 is 15.5 Å². The predicted octanol–water partition coefficient (Wildman–Crippen LogP) is 3.12. The molecule has 5 nitrogen and oxygen atoms in total. The molecule has 6 heteroatoms. The lowest BCUT2D eigenvalue weighted by molar-refractivity contribution is -0.145. The first-order valence-corrected chi connectivity index (χ1v) is 8.16. The Bertz CT molecular complexity index is 731. The molecule has 1 aliphatic carbocycles. The van der Waals surface area contributed by atoms with Crippen LogP contribution in [0.2, 0.25) is 0 Å². The molecular formula is C16H17NO4S. The van der Waals surface area contributed by atoms with Crippen molar-refractivity contribution >= 4 is 33.3 Å². The Morgan fingerprint density at radius 3 is 2.59 bits per heavy atom. The third-order valence-corrected chi connectivity index (χ3v) is 5.15. The van der Waals surface area contributed by atoms with Gasteiger partial charge in [0, 0.05) is 15.6 Å². The first-order valence-electron chi connectivity index (χ1n) is 7.28. The number of benzene rings is 1. The molecule has 0 bridgehead atoms. The molecule has 0 unspecified atom stereocenters. The number of phenols is 1. The van der Waals surface area contributed by atoms with E-state index in [0.29, 0.717) is 23.8 Å². The quantitative estimate of drug-likeness (QED) is 0.811. The van der Waals surface area contributed by atoms with Gasteiger partial charge in [0.2, 0.25) is 0 Å². The lowest BCUT2D eigenvalue weighted by Crippen LogP contribution is -2.55. The van der Waals surface area contributed by atoms with Crippen molar-refractivity contribution in [2.75, 3.05) is 0 Å². The van der Waals surface area contributed by atoms with Crippen molar-refractivity contribution in [3.05, 3.63) is 29.1 Å². The maximum absolute atomic E-state index is 12.5. The van der Waals surface area contributed by atoms with Crippen molar-refractivity contribution in [2.45, 2.75) is 37.6 Å². The van der Waals surface area contributed by atoms with Crippen LogP contribution in [0.15, 0.2) is 23.6 Å². The number of hydrogen-bond donors (Lipinski definition) is 3. The fraction of sp³-hybridized carbons (Fsp3) is 0.375. The average Bonchev–Trinajstić information content (AvgIpc) is 2.97. The van der Waals surface area contributed by atoms with E-state index in [9.17, 15) is 19.8 Å². The van der Waals surface area contributed by atoms with Gasteiger partial charge in [0.1, 0.15) is 11.3 Å². The van der Waals surface area contributed by atoms with Gasteiger partial charge in [0.05, 0.1) is 0 Å². The van der Waals surface area contributed by atoms with Gasteiger partial charge >= 0.3 is 5.97 Å². The van der Waals surface area contributed by atoms with Gasteiger partial charge in [0.25, 0.3) is 5.91 Å². The van der Waals surface area contributed by atoms with Crippen molar-refractivity contribution in [1.82, 2.24) is 5.32 Å². The van der Waals surface area contributed by atoms with E-state index in [4.69, 9.17) is 0 Å². The molecule has 22 heavy (non-hydrogen) atoms. The van der Waals surface area contributed by atoms with Crippen molar-refractivity contribution in [1.29, 1.82) is 0 Å². The number of carbonyl (C=O) groups excluding carboxylic acids is 1. The minimum atomic E-state index is -1.19. The van der Waals surface area contributed by atoms with E-state index >= 15 is 0 Å². The van der Waals surface area contributed by atoms with E-state index in [1.54, 1.807) is 12.1 Å². The second kappa shape index (κ2) is 5.61. The number of aromatic hydroxyl groups is 1. The zero-order valence-electron chi connectivity index (χ0n) is 12.0. The van der Waals surface area contributed by atoms with Gasteiger partial charge in [-0.15, -0.1) is 11.3 Å². The van der Waals surface area contributed by atoms with Crippen LogP contribution in [0.3, 0.4) is 0 Å². The molecular weight excluding hydrogens is 302 g/mol. The summed E-state index contributed by atoms with van der Waals surface area (Å²) < 4.78 is 0.804. The number of fused-ring (bicyclic) bond motifs is 1. The number of phenolic OH excluding ortho intramolecular Hbond substituents is 1. The minimum Gasteiger partial charge on any atom is -0.507 e. The normalized spacial score (nSPS) is 17.3. The van der Waals surface area contributed by atoms with Crippen molar-refractivity contribution < 1.29 is 19.8 Å². The van der Waals surface area contributed by atoms with Gasteiger partial charge in [-0.05, 0) is 36.4 Å². The largest absolute Gasteiger partial charge is 0.507 e. The highest BCUT2D eigenvalue weighted by Gasteiger charge is 2.41. The molecule has 0 atom stereocenters. The summed E-state index contributed by atoms with van der Waals surface area (Å²) in [6.07, 6.45) is 3.47. The predicted molar refractivity (Wildman–Crippen MR) is 84.4 cm³/mol. The van der Waals surface area contributed by atoms with E-state index in [1.807, 2.05) is 5.38 Å². The molecule has 1 aliphatic rings. The molecule has 1 heterocycles. The lowest BCUT2D eigenvalue weighted by Gasteiger charge is -2.34. The van der Waals surface area contributed by atoms with Gasteiger partial charge in [-0.1, -0.05) is 19.3 Å². The zero-order chi connectivity index (χ0) is 15.7. The summed E-state index contributed by atoms with van der Waals surface area (Å²) >= 11 is 1.43. The molecule has 0 aliphatic heterocycles. The van der Waals surface area contributed by atoms with Crippen LogP contribution < -0.4 is 5.32 Å². The monoisotopic (exact) mass is 319 g/mol. The number of carboxylic acids is 1. The second-order valence-corrected chi connectivity index (χ2v) is 6.68. The molecule has 1 saturated carbocycles. The van der Waals surface area contributed by atoms with Crippen LogP contribution in [0.25, 0.3) is 10.1 Å². The van der Waals surface area contributed by atoms with Crippen LogP contribution in [-0.4, -0.2) is 27.6 Å². The number of aliphatic carboxylic acids is 1. The molecule has 1 aromatic heterocycles. The SMILES string of the molecule is O=C(NC1(C(=O)O)CCCCC1)c1cc(O)c2ccsc2c1. The maximum atomic E-state index is 12.5. The van der Waals surface area contributed by atoms with Crippen LogP contribution in [0.1, 0.15) is 42.5 Å². The second-order valence-electron chi connectivity index (χ2n) is 5.73. The summed E-state index contributed by atoms with van der Waals surface area (Å²) in [5.41, 5.74) is -0.895. The highest BCUT2D eigenvalue weighted by molar-refractivity contribution is 7.17. The van der Waals surface area contributed by atoms with Gasteiger partial charge in [-0.2, -0.15) is 0 Å². The van der Waals surface area contributed by atoms with Gasteiger partial charge in [0.15, 0.2) is 0 Å². The molecule has 1 fully saturated rings. The summed E-state index contributed by atoms with van der Waals surface area (Å²) in [7, 11) is 0. The highest BCUT2D eigenvalue weighted by Crippen LogP contribution is 2.32. The molecule has 2 aromatic rings. The van der Waals surface area contributed by atoms with Crippen molar-refractivity contribution in [2.24, 2.45) is 0 Å². The third kappa shape index (κ3) is 2.54. The number of carbonyl (C=O) groups is 2. The van der Waals surface area contributed by atoms with Crippen LogP contribution >= 0.6 is 11.3 Å². The molecule has 3 N–H and O–H groups in total. The van der Waals surface area contributed by atoms with Crippen molar-refractivity contribution in [3.63, 3.8) is 0 Å². The van der Waals surface area contributed by atoms with Crippen LogP contribution in [0, 0.1) is 0 Å². The smallest absolute Gasteiger partial charge is 0.329 e. The minimum absolute atomic E-state index is 0.0388. The number of nitrogens with one attached hydrogen (secondary N) is 1. The Kier molecular flexibility index (Phi) is 3.78. The summed E-state index contributed by atoms with van der Waals surface area (Å²) in [6.45, 7) is 0. The molecule has 1 amide bonds. The van der Waals surface area contributed by atoms with E-state index in [2.05, 4.69) is 5.32 Å². The van der Waals surface area contributed by atoms with E-state index in [0.717, 1.165) is 24.0 Å². The standard InChI is InChI=1S/C16H17NO4S/c18-12-8-10(9-13-11(12)4-7-22-13)14(19)17-16(15(20)21)5-2-1-3-6-16/h4,7-9,18H,1-3,5-6H2,(H,17,19)(H,20,21). The van der Waals surface area contributed by atoms with E-state index in [-0.39, 0.29) is 5.75 Å². The topological polar surface area (TPSA) is 86.6 Å². The first kappa shape index (κ1) is 14.8. The number of rotatable bonds is 3. The van der Waals surface area contributed by atoms with Gasteiger partial charge in [-0.25, -0.2) is 4.79 Å². The molecule has 3 rings (SSSR count). The summed E-state index contributed by atoms with van der Waals surface area (Å²) in [4.78, 5) is 24.1. The number of carboxylic acid groups (broad SMARTS) is 1. The van der Waals surface area contributed by atoms with Crippen LogP contribution in [0.4, 0.5) is 0 Å².